The molecule has 5 nitrogen and oxygen atoms in total. The molecule has 2 aromatic rings. The first-order chi connectivity index (χ1) is 19.5. The third kappa shape index (κ3) is 3.53. The van der Waals surface area contributed by atoms with Gasteiger partial charge in [-0.25, -0.2) is 0 Å². The lowest BCUT2D eigenvalue weighted by molar-refractivity contribution is -0.239. The van der Waals surface area contributed by atoms with E-state index in [0.29, 0.717) is 18.1 Å². The highest BCUT2D eigenvalue weighted by atomic mass is 16.5. The maximum atomic E-state index is 14.7. The molecule has 4 aliphatic carbocycles. The van der Waals surface area contributed by atoms with E-state index in [2.05, 4.69) is 72.5 Å². The number of Topliss-reactive ketones (excluding diaryl/α,β-unsaturated/α-hetero) is 1. The molecule has 42 heavy (non-hydrogen) atoms. The minimum absolute atomic E-state index is 0.0879. The van der Waals surface area contributed by atoms with Crippen LogP contribution in [0.4, 0.5) is 0 Å². The summed E-state index contributed by atoms with van der Waals surface area (Å²) in [5.74, 6) is 1.91. The summed E-state index contributed by atoms with van der Waals surface area (Å²) in [7, 11) is 1.72. The average Bonchev–Trinajstić information content (AvgIpc) is 3.44. The van der Waals surface area contributed by atoms with Gasteiger partial charge in [-0.1, -0.05) is 34.6 Å². The van der Waals surface area contributed by atoms with Gasteiger partial charge in [0, 0.05) is 34.4 Å². The van der Waals surface area contributed by atoms with E-state index in [-0.39, 0.29) is 56.7 Å². The number of rotatable bonds is 2. The van der Waals surface area contributed by atoms with Gasteiger partial charge in [-0.05, 0) is 123 Å². The van der Waals surface area contributed by atoms with Gasteiger partial charge in [-0.2, -0.15) is 0 Å². The van der Waals surface area contributed by atoms with Crippen molar-refractivity contribution < 1.29 is 19.4 Å². The zero-order valence-electron chi connectivity index (χ0n) is 27.4. The minimum atomic E-state index is -0.385. The van der Waals surface area contributed by atoms with Gasteiger partial charge >= 0.3 is 0 Å². The largest absolute Gasteiger partial charge is 0.497 e. The summed E-state index contributed by atoms with van der Waals surface area (Å²) in [5, 5.41) is 13.5. The van der Waals surface area contributed by atoms with Crippen LogP contribution < -0.4 is 4.74 Å². The number of H-pyrrole nitrogens is 1. The third-order valence-electron chi connectivity index (χ3n) is 14.2. The fraction of sp³-hybridized carbons (Fsp3) is 0.757. The summed E-state index contributed by atoms with van der Waals surface area (Å²) in [6.45, 7) is 18.6. The fourth-order valence-corrected chi connectivity index (χ4v) is 12.6. The standard InChI is InChI=1S/C37H53NO4/c1-32(2)14-10-15-37(8,42-32)24-13-16-35(6)29(24)26(39)18-28-34(5)19-23-22-17-21(41-9)11-12-25(22)38-31(23)33(3,4)30(34)27(40)20-36(28,35)7/h11-12,17,24,26,28-30,38-39H,10,13-16,18-20H2,1-9H3/t24-,26+,28+,29-,30-,34+,35+,36+,37+/m0/s1. The number of aromatic nitrogens is 1. The molecule has 0 amide bonds. The highest BCUT2D eigenvalue weighted by Gasteiger charge is 2.73. The number of hydrogen-bond donors (Lipinski definition) is 2. The Morgan fingerprint density at radius 2 is 1.71 bits per heavy atom. The number of benzene rings is 1. The molecular formula is C37H53NO4. The number of aromatic amines is 1. The van der Waals surface area contributed by atoms with Gasteiger partial charge in [-0.3, -0.25) is 4.79 Å². The summed E-state index contributed by atoms with van der Waals surface area (Å²) in [4.78, 5) is 18.4. The monoisotopic (exact) mass is 575 g/mol. The van der Waals surface area contributed by atoms with Gasteiger partial charge in [0.15, 0.2) is 0 Å². The summed E-state index contributed by atoms with van der Waals surface area (Å²) < 4.78 is 12.5. The van der Waals surface area contributed by atoms with Crippen LogP contribution in [0, 0.1) is 39.9 Å². The van der Waals surface area contributed by atoms with Crippen LogP contribution in [0.25, 0.3) is 10.9 Å². The Hall–Kier alpha value is -1.85. The Labute approximate surface area is 252 Å². The molecule has 3 saturated carbocycles. The first kappa shape index (κ1) is 28.9. The highest BCUT2D eigenvalue weighted by Crippen LogP contribution is 2.75. The van der Waals surface area contributed by atoms with Crippen molar-refractivity contribution in [2.45, 2.75) is 129 Å². The van der Waals surface area contributed by atoms with Crippen LogP contribution in [0.1, 0.15) is 112 Å². The molecule has 4 fully saturated rings. The SMILES string of the molecule is COc1ccc2[nH]c3c(c2c1)C[C@]1(C)[C@H]2C[C@@H](O)[C@@H]4[C@@H]([C@@]5(C)CCCC(C)(C)O5)CC[C@@]4(C)[C@]2(C)CC(=O)[C@H]1C3(C)C. The number of ether oxygens (including phenoxy) is 2. The van der Waals surface area contributed by atoms with E-state index >= 15 is 0 Å². The number of aliphatic hydroxyl groups excluding tert-OH is 1. The summed E-state index contributed by atoms with van der Waals surface area (Å²) in [5.41, 5.74) is 2.42. The molecule has 230 valence electrons. The zero-order valence-corrected chi connectivity index (χ0v) is 27.4. The van der Waals surface area contributed by atoms with Gasteiger partial charge < -0.3 is 19.6 Å². The van der Waals surface area contributed by atoms with Crippen LogP contribution in [0.15, 0.2) is 18.2 Å². The van der Waals surface area contributed by atoms with E-state index in [0.717, 1.165) is 49.8 Å². The van der Waals surface area contributed by atoms with E-state index in [1.165, 1.54) is 23.1 Å². The molecule has 9 atom stereocenters. The lowest BCUT2D eigenvalue weighted by atomic mass is 9.35. The molecular weight excluding hydrogens is 522 g/mol. The van der Waals surface area contributed by atoms with E-state index in [4.69, 9.17) is 9.47 Å². The van der Waals surface area contributed by atoms with Crippen LogP contribution in [-0.4, -0.2) is 40.3 Å². The van der Waals surface area contributed by atoms with Gasteiger partial charge in [0.1, 0.15) is 11.5 Å². The molecule has 2 heterocycles. The van der Waals surface area contributed by atoms with E-state index in [9.17, 15) is 9.90 Å². The van der Waals surface area contributed by atoms with Crippen molar-refractivity contribution in [1.82, 2.24) is 4.98 Å². The van der Waals surface area contributed by atoms with Crippen LogP contribution >= 0.6 is 0 Å². The van der Waals surface area contributed by atoms with Crippen molar-refractivity contribution in [3.8, 4) is 5.75 Å². The number of ketones is 1. The van der Waals surface area contributed by atoms with E-state index in [1.807, 2.05) is 6.07 Å². The lowest BCUT2D eigenvalue weighted by Crippen LogP contribution is -2.69. The van der Waals surface area contributed by atoms with Crippen LogP contribution in [0.3, 0.4) is 0 Å². The number of methoxy groups -OCH3 is 1. The molecule has 5 aliphatic rings. The number of nitrogens with one attached hydrogen (secondary N) is 1. The molecule has 0 radical (unpaired) electrons. The van der Waals surface area contributed by atoms with Crippen LogP contribution in [-0.2, 0) is 21.4 Å². The number of hydrogen-bond acceptors (Lipinski definition) is 4. The molecule has 1 aromatic carbocycles. The first-order valence-corrected chi connectivity index (χ1v) is 16.6. The Morgan fingerprint density at radius 1 is 0.976 bits per heavy atom. The maximum Gasteiger partial charge on any atom is 0.138 e. The third-order valence-corrected chi connectivity index (χ3v) is 14.2. The summed E-state index contributed by atoms with van der Waals surface area (Å²) in [6, 6.07) is 6.29. The molecule has 0 bridgehead atoms. The number of aliphatic hydroxyl groups is 1. The minimum Gasteiger partial charge on any atom is -0.497 e. The van der Waals surface area contributed by atoms with Crippen molar-refractivity contribution >= 4 is 16.7 Å². The summed E-state index contributed by atoms with van der Waals surface area (Å²) >= 11 is 0. The normalized spacial score (nSPS) is 45.6. The van der Waals surface area contributed by atoms with Crippen molar-refractivity contribution in [1.29, 1.82) is 0 Å². The second kappa shape index (κ2) is 8.65. The molecule has 5 heteroatoms. The fourth-order valence-electron chi connectivity index (χ4n) is 12.6. The Bertz CT molecular complexity index is 1460. The summed E-state index contributed by atoms with van der Waals surface area (Å²) in [6.07, 6.45) is 7.28. The highest BCUT2D eigenvalue weighted by molar-refractivity contribution is 5.90. The predicted molar refractivity (Wildman–Crippen MR) is 167 cm³/mol. The van der Waals surface area contributed by atoms with Crippen molar-refractivity contribution in [2.24, 2.45) is 39.9 Å². The Morgan fingerprint density at radius 3 is 2.40 bits per heavy atom. The number of carbonyl (C=O) groups excluding carboxylic acids is 1. The molecule has 0 unspecified atom stereocenters. The smallest absolute Gasteiger partial charge is 0.138 e. The molecule has 1 aliphatic heterocycles. The molecule has 1 aromatic heterocycles. The Kier molecular flexibility index (Phi) is 5.95. The molecule has 0 spiro atoms. The Balaban J connectivity index is 1.33. The van der Waals surface area contributed by atoms with Crippen LogP contribution in [0.2, 0.25) is 0 Å². The van der Waals surface area contributed by atoms with E-state index in [1.54, 1.807) is 7.11 Å². The van der Waals surface area contributed by atoms with Gasteiger partial charge in [0.05, 0.1) is 24.4 Å². The topological polar surface area (TPSA) is 71.6 Å². The lowest BCUT2D eigenvalue weighted by Gasteiger charge is -2.69. The average molecular weight is 576 g/mol. The second-order valence-electron chi connectivity index (χ2n) is 17.3. The van der Waals surface area contributed by atoms with Gasteiger partial charge in [-0.15, -0.1) is 0 Å². The number of fused-ring (bicyclic) bond motifs is 8. The van der Waals surface area contributed by atoms with E-state index < -0.39 is 0 Å². The zero-order chi connectivity index (χ0) is 30.3. The quantitative estimate of drug-likeness (QED) is 0.384. The van der Waals surface area contributed by atoms with Crippen LogP contribution in [0.5, 0.6) is 5.75 Å². The van der Waals surface area contributed by atoms with Crippen molar-refractivity contribution in [3.63, 3.8) is 0 Å². The van der Waals surface area contributed by atoms with Gasteiger partial charge in [0.25, 0.3) is 0 Å². The van der Waals surface area contributed by atoms with Crippen molar-refractivity contribution in [3.05, 3.63) is 29.5 Å². The molecule has 7 rings (SSSR count). The van der Waals surface area contributed by atoms with Gasteiger partial charge in [0.2, 0.25) is 0 Å². The molecule has 1 saturated heterocycles. The first-order valence-electron chi connectivity index (χ1n) is 16.6. The predicted octanol–water partition coefficient (Wildman–Crippen LogP) is 7.76. The number of carbonyl (C=O) groups is 1. The maximum absolute atomic E-state index is 14.7. The second-order valence-corrected chi connectivity index (χ2v) is 17.3. The molecule has 2 N–H and O–H groups in total. The van der Waals surface area contributed by atoms with Crippen molar-refractivity contribution in [2.75, 3.05) is 7.11 Å².